The van der Waals surface area contributed by atoms with Gasteiger partial charge in [0.15, 0.2) is 6.29 Å². The summed E-state index contributed by atoms with van der Waals surface area (Å²) in [7, 11) is 2.11. The van der Waals surface area contributed by atoms with Gasteiger partial charge in [0.1, 0.15) is 17.3 Å². The van der Waals surface area contributed by atoms with Crippen LogP contribution in [0.15, 0.2) is 6.07 Å². The van der Waals surface area contributed by atoms with Crippen molar-refractivity contribution < 1.29 is 4.79 Å². The van der Waals surface area contributed by atoms with Crippen LogP contribution in [0.5, 0.6) is 0 Å². The summed E-state index contributed by atoms with van der Waals surface area (Å²) in [5, 5.41) is 0. The van der Waals surface area contributed by atoms with Gasteiger partial charge in [0.05, 0.1) is 0 Å². The molecule has 2 heterocycles. The van der Waals surface area contributed by atoms with Gasteiger partial charge in [0.25, 0.3) is 0 Å². The number of nitrogens with zero attached hydrogens (tertiary/aromatic N) is 4. The normalized spacial score (nSPS) is 17.5. The van der Waals surface area contributed by atoms with Gasteiger partial charge in [-0.3, -0.25) is 4.79 Å². The lowest BCUT2D eigenvalue weighted by molar-refractivity contribution is 0.111. The van der Waals surface area contributed by atoms with Crippen LogP contribution in [-0.4, -0.2) is 54.4 Å². The number of anilines is 1. The van der Waals surface area contributed by atoms with Crippen LogP contribution in [0, 0.1) is 6.92 Å². The molecule has 0 radical (unpaired) electrons. The molecule has 2 rings (SSSR count). The fourth-order valence-electron chi connectivity index (χ4n) is 1.83. The van der Waals surface area contributed by atoms with Crippen LogP contribution in [0.1, 0.15) is 16.3 Å². The fourth-order valence-corrected chi connectivity index (χ4v) is 1.83. The first-order valence-electron chi connectivity index (χ1n) is 5.43. The van der Waals surface area contributed by atoms with Crippen molar-refractivity contribution in [3.8, 4) is 0 Å². The van der Waals surface area contributed by atoms with Crippen LogP contribution in [-0.2, 0) is 0 Å². The highest BCUT2D eigenvalue weighted by Crippen LogP contribution is 2.13. The second kappa shape index (κ2) is 4.57. The first-order chi connectivity index (χ1) is 7.69. The molecule has 1 aromatic rings. The average molecular weight is 220 g/mol. The minimum Gasteiger partial charge on any atom is -0.354 e. The number of aromatic nitrogens is 2. The number of aldehydes is 1. The maximum Gasteiger partial charge on any atom is 0.168 e. The molecule has 0 aromatic carbocycles. The second-order valence-electron chi connectivity index (χ2n) is 4.11. The zero-order chi connectivity index (χ0) is 11.5. The topological polar surface area (TPSA) is 49.3 Å². The van der Waals surface area contributed by atoms with Crippen molar-refractivity contribution in [2.75, 3.05) is 38.1 Å². The second-order valence-corrected chi connectivity index (χ2v) is 4.11. The van der Waals surface area contributed by atoms with Crippen LogP contribution in [0.2, 0.25) is 0 Å². The molecule has 1 aliphatic rings. The number of hydrogen-bond donors (Lipinski definition) is 0. The standard InChI is InChI=1S/C11H16N4O/c1-9-12-10(8-16)7-11(13-9)15-5-3-14(2)4-6-15/h7-8H,3-6H2,1-2H3. The molecule has 86 valence electrons. The van der Waals surface area contributed by atoms with E-state index in [9.17, 15) is 4.79 Å². The molecular formula is C11H16N4O. The van der Waals surface area contributed by atoms with Gasteiger partial charge in [0.2, 0.25) is 0 Å². The molecule has 0 saturated carbocycles. The third-order valence-electron chi connectivity index (χ3n) is 2.79. The number of hydrogen-bond acceptors (Lipinski definition) is 5. The molecule has 0 N–H and O–H groups in total. The zero-order valence-corrected chi connectivity index (χ0v) is 9.68. The fraction of sp³-hybridized carbons (Fsp3) is 0.545. The molecule has 1 saturated heterocycles. The van der Waals surface area contributed by atoms with Gasteiger partial charge in [0, 0.05) is 32.2 Å². The van der Waals surface area contributed by atoms with Gasteiger partial charge in [-0.2, -0.15) is 0 Å². The molecule has 1 aromatic heterocycles. The number of likely N-dealkylation sites (N-methyl/N-ethyl adjacent to an activating group) is 1. The Morgan fingerprint density at radius 1 is 1.25 bits per heavy atom. The number of aryl methyl sites for hydroxylation is 1. The van der Waals surface area contributed by atoms with Crippen molar-refractivity contribution >= 4 is 12.1 Å². The Kier molecular flexibility index (Phi) is 3.14. The SMILES string of the molecule is Cc1nc(C=O)cc(N2CCN(C)CC2)n1. The lowest BCUT2D eigenvalue weighted by Crippen LogP contribution is -2.44. The number of rotatable bonds is 2. The predicted octanol–water partition coefficient (Wildman–Crippen LogP) is 0.349. The molecule has 5 nitrogen and oxygen atoms in total. The van der Waals surface area contributed by atoms with E-state index in [0.29, 0.717) is 11.5 Å². The Morgan fingerprint density at radius 2 is 1.94 bits per heavy atom. The van der Waals surface area contributed by atoms with E-state index in [-0.39, 0.29) is 0 Å². The van der Waals surface area contributed by atoms with E-state index in [2.05, 4.69) is 26.8 Å². The van der Waals surface area contributed by atoms with Gasteiger partial charge in [-0.25, -0.2) is 9.97 Å². The van der Waals surface area contributed by atoms with E-state index in [0.717, 1.165) is 38.3 Å². The monoisotopic (exact) mass is 220 g/mol. The highest BCUT2D eigenvalue weighted by Gasteiger charge is 2.16. The molecule has 0 bridgehead atoms. The lowest BCUT2D eigenvalue weighted by Gasteiger charge is -2.33. The maximum atomic E-state index is 10.7. The highest BCUT2D eigenvalue weighted by atomic mass is 16.1. The third-order valence-corrected chi connectivity index (χ3v) is 2.79. The van der Waals surface area contributed by atoms with Crippen LogP contribution < -0.4 is 4.90 Å². The molecule has 0 unspecified atom stereocenters. The molecule has 0 spiro atoms. The molecule has 0 amide bonds. The van der Waals surface area contributed by atoms with Crippen molar-refractivity contribution in [3.05, 3.63) is 17.6 Å². The summed E-state index contributed by atoms with van der Waals surface area (Å²) in [6.45, 7) is 5.77. The van der Waals surface area contributed by atoms with E-state index in [1.54, 1.807) is 6.07 Å². The van der Waals surface area contributed by atoms with E-state index in [1.807, 2.05) is 6.92 Å². The van der Waals surface area contributed by atoms with Crippen molar-refractivity contribution in [1.29, 1.82) is 0 Å². The molecule has 0 aliphatic carbocycles. The molecule has 16 heavy (non-hydrogen) atoms. The van der Waals surface area contributed by atoms with E-state index < -0.39 is 0 Å². The number of piperazine rings is 1. The zero-order valence-electron chi connectivity index (χ0n) is 9.68. The summed E-state index contributed by atoms with van der Waals surface area (Å²) < 4.78 is 0. The summed E-state index contributed by atoms with van der Waals surface area (Å²) in [5.74, 6) is 1.52. The van der Waals surface area contributed by atoms with E-state index in [4.69, 9.17) is 0 Å². The van der Waals surface area contributed by atoms with Crippen LogP contribution in [0.25, 0.3) is 0 Å². The van der Waals surface area contributed by atoms with Crippen LogP contribution in [0.4, 0.5) is 5.82 Å². The van der Waals surface area contributed by atoms with E-state index >= 15 is 0 Å². The largest absolute Gasteiger partial charge is 0.354 e. The Balaban J connectivity index is 2.19. The van der Waals surface area contributed by atoms with E-state index in [1.165, 1.54) is 0 Å². The average Bonchev–Trinajstić information content (AvgIpc) is 2.29. The molecule has 1 fully saturated rings. The minimum absolute atomic E-state index is 0.460. The molecule has 1 aliphatic heterocycles. The Labute approximate surface area is 95.1 Å². The predicted molar refractivity (Wildman–Crippen MR) is 61.9 cm³/mol. The van der Waals surface area contributed by atoms with Gasteiger partial charge < -0.3 is 9.80 Å². The first kappa shape index (κ1) is 11.0. The van der Waals surface area contributed by atoms with Crippen molar-refractivity contribution in [1.82, 2.24) is 14.9 Å². The summed E-state index contributed by atoms with van der Waals surface area (Å²) in [6, 6.07) is 1.76. The van der Waals surface area contributed by atoms with Crippen LogP contribution >= 0.6 is 0 Å². The Hall–Kier alpha value is -1.49. The summed E-state index contributed by atoms with van der Waals surface area (Å²) in [6.07, 6.45) is 0.772. The number of carbonyl (C=O) groups excluding carboxylic acids is 1. The summed E-state index contributed by atoms with van der Waals surface area (Å²) in [5.41, 5.74) is 0.460. The quantitative estimate of drug-likeness (QED) is 0.673. The molecule has 0 atom stereocenters. The van der Waals surface area contributed by atoms with Crippen LogP contribution in [0.3, 0.4) is 0 Å². The van der Waals surface area contributed by atoms with Crippen molar-refractivity contribution in [3.63, 3.8) is 0 Å². The van der Waals surface area contributed by atoms with Crippen molar-refractivity contribution in [2.45, 2.75) is 6.92 Å². The molecular weight excluding hydrogens is 204 g/mol. The van der Waals surface area contributed by atoms with Gasteiger partial charge in [-0.05, 0) is 14.0 Å². The highest BCUT2D eigenvalue weighted by molar-refractivity contribution is 5.73. The first-order valence-corrected chi connectivity index (χ1v) is 5.43. The van der Waals surface area contributed by atoms with Crippen molar-refractivity contribution in [2.24, 2.45) is 0 Å². The maximum absolute atomic E-state index is 10.7. The Morgan fingerprint density at radius 3 is 2.56 bits per heavy atom. The van der Waals surface area contributed by atoms with Gasteiger partial charge in [-0.1, -0.05) is 0 Å². The molecule has 5 heteroatoms. The van der Waals surface area contributed by atoms with Gasteiger partial charge in [-0.15, -0.1) is 0 Å². The third kappa shape index (κ3) is 2.36. The summed E-state index contributed by atoms with van der Waals surface area (Å²) in [4.78, 5) is 23.6. The summed E-state index contributed by atoms with van der Waals surface area (Å²) >= 11 is 0. The van der Waals surface area contributed by atoms with Gasteiger partial charge >= 0.3 is 0 Å². The Bertz CT molecular complexity index is 386. The lowest BCUT2D eigenvalue weighted by atomic mass is 10.3. The number of carbonyl (C=O) groups is 1. The minimum atomic E-state index is 0.460. The smallest absolute Gasteiger partial charge is 0.168 e.